The van der Waals surface area contributed by atoms with Gasteiger partial charge in [0.2, 0.25) is 0 Å². The molecule has 3 atom stereocenters. The van der Waals surface area contributed by atoms with Crippen LogP contribution in [-0.2, 0) is 11.8 Å². The van der Waals surface area contributed by atoms with Crippen LogP contribution in [0.15, 0.2) is 41.1 Å². The Bertz CT molecular complexity index is 753. The van der Waals surface area contributed by atoms with E-state index in [2.05, 4.69) is 5.32 Å². The van der Waals surface area contributed by atoms with Gasteiger partial charge in [0.1, 0.15) is 5.69 Å². The Balaban J connectivity index is 1.27. The second-order valence-corrected chi connectivity index (χ2v) is 6.69. The number of nitrogens with zero attached hydrogens (tertiary/aromatic N) is 2. The number of aryl methyl sites for hydroxylation is 1. The fourth-order valence-corrected chi connectivity index (χ4v) is 3.71. The minimum absolute atomic E-state index is 0.0000770. The van der Waals surface area contributed by atoms with Crippen LogP contribution in [0, 0.1) is 5.92 Å². The number of furan rings is 1. The molecule has 0 bridgehead atoms. The van der Waals surface area contributed by atoms with Gasteiger partial charge in [0.15, 0.2) is 5.76 Å². The Kier molecular flexibility index (Phi) is 4.09. The van der Waals surface area contributed by atoms with Crippen molar-refractivity contribution in [2.24, 2.45) is 13.0 Å². The minimum atomic E-state index is -0.0946. The Labute approximate surface area is 145 Å². The topological polar surface area (TPSA) is 76.7 Å². The number of hydrogen-bond acceptors (Lipinski definition) is 4. The molecule has 2 amide bonds. The van der Waals surface area contributed by atoms with E-state index in [1.54, 1.807) is 27.7 Å². The van der Waals surface area contributed by atoms with E-state index in [4.69, 9.17) is 9.15 Å². The molecule has 2 fully saturated rings. The molecule has 2 saturated heterocycles. The summed E-state index contributed by atoms with van der Waals surface area (Å²) in [6.07, 6.45) is 4.23. The van der Waals surface area contributed by atoms with E-state index in [-0.39, 0.29) is 24.0 Å². The molecule has 132 valence electrons. The summed E-state index contributed by atoms with van der Waals surface area (Å²) in [4.78, 5) is 26.3. The Morgan fingerprint density at radius 3 is 2.84 bits per heavy atom. The van der Waals surface area contributed by atoms with Gasteiger partial charge in [-0.1, -0.05) is 0 Å². The van der Waals surface area contributed by atoms with E-state index < -0.39 is 0 Å². The maximum atomic E-state index is 12.3. The highest BCUT2D eigenvalue weighted by molar-refractivity contribution is 5.92. The molecule has 0 radical (unpaired) electrons. The lowest BCUT2D eigenvalue weighted by Crippen LogP contribution is -2.35. The fourth-order valence-electron chi connectivity index (χ4n) is 3.71. The van der Waals surface area contributed by atoms with Crippen LogP contribution in [0.2, 0.25) is 0 Å². The van der Waals surface area contributed by atoms with Gasteiger partial charge in [-0.3, -0.25) is 9.59 Å². The number of amides is 2. The van der Waals surface area contributed by atoms with E-state index in [1.807, 2.05) is 19.3 Å². The van der Waals surface area contributed by atoms with Gasteiger partial charge in [0.25, 0.3) is 11.8 Å². The van der Waals surface area contributed by atoms with Gasteiger partial charge in [0, 0.05) is 38.8 Å². The first-order valence-corrected chi connectivity index (χ1v) is 8.49. The van der Waals surface area contributed by atoms with Crippen LogP contribution >= 0.6 is 0 Å². The summed E-state index contributed by atoms with van der Waals surface area (Å²) in [5.41, 5.74) is 0.633. The third kappa shape index (κ3) is 3.07. The SMILES string of the molecule is Cn1cccc1C(=O)NC[C@@H]1C[C@H]2CN(C(=O)c3ccco3)C[C@H]2O1. The summed E-state index contributed by atoms with van der Waals surface area (Å²) >= 11 is 0. The van der Waals surface area contributed by atoms with Crippen LogP contribution < -0.4 is 5.32 Å². The summed E-state index contributed by atoms with van der Waals surface area (Å²) in [5.74, 6) is 0.501. The zero-order chi connectivity index (χ0) is 17.4. The van der Waals surface area contributed by atoms with E-state index in [9.17, 15) is 9.59 Å². The monoisotopic (exact) mass is 343 g/mol. The number of ether oxygens (including phenoxy) is 1. The van der Waals surface area contributed by atoms with Gasteiger partial charge in [-0.05, 0) is 30.7 Å². The maximum absolute atomic E-state index is 12.3. The summed E-state index contributed by atoms with van der Waals surface area (Å²) in [5, 5.41) is 2.93. The number of rotatable bonds is 4. The molecule has 0 aliphatic carbocycles. The molecule has 0 spiro atoms. The quantitative estimate of drug-likeness (QED) is 0.907. The predicted octanol–water partition coefficient (Wildman–Crippen LogP) is 1.28. The molecule has 0 saturated carbocycles. The van der Waals surface area contributed by atoms with Crippen LogP contribution in [0.5, 0.6) is 0 Å². The van der Waals surface area contributed by atoms with Gasteiger partial charge < -0.3 is 23.9 Å². The molecule has 2 aliphatic rings. The largest absolute Gasteiger partial charge is 0.459 e. The molecule has 4 rings (SSSR count). The van der Waals surface area contributed by atoms with Crippen molar-refractivity contribution in [3.8, 4) is 0 Å². The van der Waals surface area contributed by atoms with Gasteiger partial charge in [-0.2, -0.15) is 0 Å². The first-order chi connectivity index (χ1) is 12.1. The van der Waals surface area contributed by atoms with Crippen molar-refractivity contribution in [3.05, 3.63) is 48.2 Å². The zero-order valence-electron chi connectivity index (χ0n) is 14.1. The van der Waals surface area contributed by atoms with Crippen molar-refractivity contribution in [2.45, 2.75) is 18.6 Å². The Morgan fingerprint density at radius 1 is 1.28 bits per heavy atom. The third-order valence-electron chi connectivity index (χ3n) is 5.00. The highest BCUT2D eigenvalue weighted by atomic mass is 16.5. The molecule has 7 nitrogen and oxygen atoms in total. The van der Waals surface area contributed by atoms with E-state index >= 15 is 0 Å². The van der Waals surface area contributed by atoms with Crippen molar-refractivity contribution in [2.75, 3.05) is 19.6 Å². The first-order valence-electron chi connectivity index (χ1n) is 8.49. The van der Waals surface area contributed by atoms with Gasteiger partial charge in [0.05, 0.1) is 18.5 Å². The summed E-state index contributed by atoms with van der Waals surface area (Å²) < 4.78 is 13.0. The van der Waals surface area contributed by atoms with Crippen molar-refractivity contribution < 1.29 is 18.7 Å². The second-order valence-electron chi connectivity index (χ2n) is 6.69. The van der Waals surface area contributed by atoms with E-state index in [1.165, 1.54) is 6.26 Å². The highest BCUT2D eigenvalue weighted by Crippen LogP contribution is 2.33. The number of fused-ring (bicyclic) bond motifs is 1. The number of carbonyl (C=O) groups is 2. The molecule has 4 heterocycles. The molecule has 7 heteroatoms. The summed E-state index contributed by atoms with van der Waals surface area (Å²) in [7, 11) is 1.84. The molecule has 1 N–H and O–H groups in total. The molecule has 0 unspecified atom stereocenters. The summed E-state index contributed by atoms with van der Waals surface area (Å²) in [6, 6.07) is 7.03. The van der Waals surface area contributed by atoms with E-state index in [0.717, 1.165) is 6.42 Å². The lowest BCUT2D eigenvalue weighted by molar-refractivity contribution is 0.0351. The molecular formula is C18H21N3O4. The van der Waals surface area contributed by atoms with Gasteiger partial charge >= 0.3 is 0 Å². The number of aromatic nitrogens is 1. The normalized spacial score (nSPS) is 25.2. The number of hydrogen-bond donors (Lipinski definition) is 1. The van der Waals surface area contributed by atoms with Crippen molar-refractivity contribution in [3.63, 3.8) is 0 Å². The number of carbonyl (C=O) groups excluding carboxylic acids is 2. The Hall–Kier alpha value is -2.54. The van der Waals surface area contributed by atoms with Crippen LogP contribution in [-0.4, -0.2) is 53.1 Å². The fraction of sp³-hybridized carbons (Fsp3) is 0.444. The van der Waals surface area contributed by atoms with E-state index in [0.29, 0.717) is 37.0 Å². The van der Waals surface area contributed by atoms with Crippen LogP contribution in [0.4, 0.5) is 0 Å². The molecular weight excluding hydrogens is 322 g/mol. The van der Waals surface area contributed by atoms with Gasteiger partial charge in [-0.15, -0.1) is 0 Å². The summed E-state index contributed by atoms with van der Waals surface area (Å²) in [6.45, 7) is 1.74. The molecule has 2 aromatic heterocycles. The highest BCUT2D eigenvalue weighted by Gasteiger charge is 2.43. The van der Waals surface area contributed by atoms with Crippen molar-refractivity contribution >= 4 is 11.8 Å². The average molecular weight is 343 g/mol. The lowest BCUT2D eigenvalue weighted by Gasteiger charge is -2.18. The smallest absolute Gasteiger partial charge is 0.289 e. The third-order valence-corrected chi connectivity index (χ3v) is 5.00. The molecule has 0 aromatic carbocycles. The number of nitrogens with one attached hydrogen (secondary N) is 1. The van der Waals surface area contributed by atoms with Crippen LogP contribution in [0.1, 0.15) is 27.5 Å². The zero-order valence-corrected chi connectivity index (χ0v) is 14.1. The predicted molar refractivity (Wildman–Crippen MR) is 89.1 cm³/mol. The standard InChI is InChI=1S/C18H21N3O4/c1-20-6-2-4-14(20)17(22)19-9-13-8-12-10-21(11-16(12)25-13)18(23)15-5-3-7-24-15/h2-7,12-13,16H,8-11H2,1H3,(H,19,22)/t12-,13-,16+/m0/s1. The van der Waals surface area contributed by atoms with Crippen LogP contribution in [0.3, 0.4) is 0 Å². The van der Waals surface area contributed by atoms with Crippen molar-refractivity contribution in [1.29, 1.82) is 0 Å². The number of likely N-dealkylation sites (tertiary alicyclic amines) is 1. The minimum Gasteiger partial charge on any atom is -0.459 e. The molecule has 25 heavy (non-hydrogen) atoms. The molecule has 2 aromatic rings. The van der Waals surface area contributed by atoms with Crippen molar-refractivity contribution in [1.82, 2.24) is 14.8 Å². The maximum Gasteiger partial charge on any atom is 0.289 e. The first kappa shape index (κ1) is 16.0. The lowest BCUT2D eigenvalue weighted by atomic mass is 10.0. The second kappa shape index (κ2) is 6.40. The average Bonchev–Trinajstić information content (AvgIpc) is 3.35. The molecule has 2 aliphatic heterocycles. The van der Waals surface area contributed by atoms with Gasteiger partial charge in [-0.25, -0.2) is 0 Å². The van der Waals surface area contributed by atoms with Crippen LogP contribution in [0.25, 0.3) is 0 Å². The Morgan fingerprint density at radius 2 is 2.16 bits per heavy atom.